The Morgan fingerprint density at radius 2 is 1.85 bits per heavy atom. The lowest BCUT2D eigenvalue weighted by Gasteiger charge is -2.15. The predicted molar refractivity (Wildman–Crippen MR) is 124 cm³/mol. The topological polar surface area (TPSA) is 104 Å². The number of nitrogens with one attached hydrogen (secondary N) is 2. The van der Waals surface area contributed by atoms with Crippen molar-refractivity contribution in [2.75, 3.05) is 32.0 Å². The number of hydrogen-bond donors (Lipinski definition) is 2. The summed E-state index contributed by atoms with van der Waals surface area (Å²) in [4.78, 5) is 25.5. The summed E-state index contributed by atoms with van der Waals surface area (Å²) in [6, 6.07) is 9.77. The highest BCUT2D eigenvalue weighted by Crippen LogP contribution is 2.41. The van der Waals surface area contributed by atoms with E-state index in [0.29, 0.717) is 33.8 Å². The van der Waals surface area contributed by atoms with E-state index in [2.05, 4.69) is 15.7 Å². The first-order chi connectivity index (χ1) is 15.9. The Hall–Kier alpha value is -3.72. The molecule has 2 heterocycles. The van der Waals surface area contributed by atoms with Gasteiger partial charge < -0.3 is 24.8 Å². The summed E-state index contributed by atoms with van der Waals surface area (Å²) in [6.45, 7) is 1.85. The summed E-state index contributed by atoms with van der Waals surface area (Å²) >= 11 is 6.14. The van der Waals surface area contributed by atoms with Gasteiger partial charge in [0.05, 0.1) is 33.4 Å². The zero-order valence-corrected chi connectivity index (χ0v) is 19.3. The monoisotopic (exact) mass is 470 g/mol. The van der Waals surface area contributed by atoms with Crippen LogP contribution in [0, 0.1) is 6.92 Å². The molecule has 0 saturated carbocycles. The Bertz CT molecular complexity index is 1210. The number of fused-ring (bicyclic) bond motifs is 1. The van der Waals surface area contributed by atoms with Gasteiger partial charge in [0.15, 0.2) is 11.5 Å². The van der Waals surface area contributed by atoms with Gasteiger partial charge in [-0.25, -0.2) is 4.68 Å². The standard InChI is InChI=1S/C23H23ClN4O5/c1-12-20(13-6-5-7-14(24)8-13)22-26-23(30)16(28(22)27-12)11-19(29)25-15-9-17(31-2)21(33-4)18(10-15)32-3/h5-10,16H,11H2,1-4H3,(H,25,29)(H,26,30). The number of aromatic nitrogens is 2. The molecule has 0 radical (unpaired) electrons. The second kappa shape index (κ2) is 9.03. The Morgan fingerprint density at radius 3 is 2.45 bits per heavy atom. The van der Waals surface area contributed by atoms with E-state index >= 15 is 0 Å². The van der Waals surface area contributed by atoms with Crippen molar-refractivity contribution in [1.29, 1.82) is 0 Å². The van der Waals surface area contributed by atoms with Gasteiger partial charge in [-0.1, -0.05) is 23.7 Å². The molecule has 4 rings (SSSR count). The second-order valence-electron chi connectivity index (χ2n) is 7.44. The van der Waals surface area contributed by atoms with Gasteiger partial charge in [-0.05, 0) is 24.6 Å². The fourth-order valence-electron chi connectivity index (χ4n) is 3.91. The highest BCUT2D eigenvalue weighted by Gasteiger charge is 2.36. The van der Waals surface area contributed by atoms with Crippen LogP contribution in [0.4, 0.5) is 11.5 Å². The van der Waals surface area contributed by atoms with Gasteiger partial charge in [0.1, 0.15) is 11.9 Å². The van der Waals surface area contributed by atoms with Crippen molar-refractivity contribution in [3.8, 4) is 28.4 Å². The molecule has 9 nitrogen and oxygen atoms in total. The van der Waals surface area contributed by atoms with Crippen molar-refractivity contribution in [3.05, 3.63) is 47.1 Å². The molecule has 2 N–H and O–H groups in total. The van der Waals surface area contributed by atoms with Crippen LogP contribution in [-0.4, -0.2) is 42.9 Å². The van der Waals surface area contributed by atoms with Crippen LogP contribution in [0.5, 0.6) is 17.2 Å². The lowest BCUT2D eigenvalue weighted by molar-refractivity contribution is -0.123. The molecule has 1 unspecified atom stereocenters. The van der Waals surface area contributed by atoms with Crippen LogP contribution in [-0.2, 0) is 9.59 Å². The van der Waals surface area contributed by atoms with E-state index in [0.717, 1.165) is 16.8 Å². The number of amides is 2. The van der Waals surface area contributed by atoms with Gasteiger partial charge in [-0.3, -0.25) is 9.59 Å². The minimum absolute atomic E-state index is 0.106. The number of carbonyl (C=O) groups excluding carboxylic acids is 2. The Labute approximate surface area is 195 Å². The number of nitrogens with zero attached hydrogens (tertiary/aromatic N) is 2. The molecule has 1 atom stereocenters. The van der Waals surface area contributed by atoms with E-state index in [9.17, 15) is 9.59 Å². The van der Waals surface area contributed by atoms with E-state index in [1.165, 1.54) is 21.3 Å². The van der Waals surface area contributed by atoms with Gasteiger partial charge in [0, 0.05) is 28.4 Å². The lowest BCUT2D eigenvalue weighted by Crippen LogP contribution is -2.23. The highest BCUT2D eigenvalue weighted by atomic mass is 35.5. The molecule has 0 spiro atoms. The minimum Gasteiger partial charge on any atom is -0.493 e. The third kappa shape index (κ3) is 4.19. The molecule has 1 aliphatic rings. The van der Waals surface area contributed by atoms with E-state index in [1.54, 1.807) is 22.9 Å². The quantitative estimate of drug-likeness (QED) is 0.539. The molecule has 33 heavy (non-hydrogen) atoms. The first-order valence-corrected chi connectivity index (χ1v) is 10.5. The highest BCUT2D eigenvalue weighted by molar-refractivity contribution is 6.30. The molecule has 0 bridgehead atoms. The maximum atomic E-state index is 12.8. The summed E-state index contributed by atoms with van der Waals surface area (Å²) in [5.41, 5.74) is 2.79. The third-order valence-corrected chi connectivity index (χ3v) is 5.60. The number of hydrogen-bond acceptors (Lipinski definition) is 6. The van der Waals surface area contributed by atoms with Gasteiger partial charge in [-0.15, -0.1) is 0 Å². The van der Waals surface area contributed by atoms with E-state index in [4.69, 9.17) is 25.8 Å². The fourth-order valence-corrected chi connectivity index (χ4v) is 4.10. The van der Waals surface area contributed by atoms with Gasteiger partial charge >= 0.3 is 0 Å². The molecule has 10 heteroatoms. The smallest absolute Gasteiger partial charge is 0.251 e. The first-order valence-electron chi connectivity index (χ1n) is 10.1. The number of methoxy groups -OCH3 is 3. The van der Waals surface area contributed by atoms with Crippen LogP contribution in [0.3, 0.4) is 0 Å². The second-order valence-corrected chi connectivity index (χ2v) is 7.87. The Morgan fingerprint density at radius 1 is 1.15 bits per heavy atom. The van der Waals surface area contributed by atoms with Crippen molar-refractivity contribution >= 4 is 34.9 Å². The normalized spacial score (nSPS) is 14.5. The number of benzene rings is 2. The molecule has 1 aliphatic heterocycles. The third-order valence-electron chi connectivity index (χ3n) is 5.37. The van der Waals surface area contributed by atoms with Crippen molar-refractivity contribution in [2.24, 2.45) is 0 Å². The van der Waals surface area contributed by atoms with Crippen LogP contribution >= 0.6 is 11.6 Å². The number of aryl methyl sites for hydroxylation is 1. The average molecular weight is 471 g/mol. The summed E-state index contributed by atoms with van der Waals surface area (Å²) in [5.74, 6) is 1.10. The molecule has 0 aliphatic carbocycles. The Balaban J connectivity index is 1.58. The SMILES string of the molecule is COc1cc(NC(=O)CC2C(=O)Nc3c(-c4cccc(Cl)c4)c(C)nn32)cc(OC)c1OC. The van der Waals surface area contributed by atoms with E-state index in [1.807, 2.05) is 25.1 Å². The van der Waals surface area contributed by atoms with Crippen molar-refractivity contribution < 1.29 is 23.8 Å². The van der Waals surface area contributed by atoms with Crippen LogP contribution in [0.25, 0.3) is 11.1 Å². The van der Waals surface area contributed by atoms with Gasteiger partial charge in [0.25, 0.3) is 5.91 Å². The predicted octanol–water partition coefficient (Wildman–Crippen LogP) is 4.06. The number of anilines is 2. The Kier molecular flexibility index (Phi) is 6.15. The number of carbonyl (C=O) groups is 2. The molecule has 0 fully saturated rings. The molecular weight excluding hydrogens is 448 g/mol. The largest absolute Gasteiger partial charge is 0.493 e. The summed E-state index contributed by atoms with van der Waals surface area (Å²) in [5, 5.41) is 10.7. The number of ether oxygens (including phenoxy) is 3. The molecular formula is C23H23ClN4O5. The summed E-state index contributed by atoms with van der Waals surface area (Å²) < 4.78 is 17.5. The van der Waals surface area contributed by atoms with E-state index in [-0.39, 0.29) is 18.2 Å². The zero-order chi connectivity index (χ0) is 23.7. The number of rotatable bonds is 7. The van der Waals surface area contributed by atoms with Crippen molar-refractivity contribution in [1.82, 2.24) is 9.78 Å². The molecule has 2 aromatic carbocycles. The lowest BCUT2D eigenvalue weighted by atomic mass is 10.1. The number of halogens is 1. The summed E-state index contributed by atoms with van der Waals surface area (Å²) in [7, 11) is 4.48. The minimum atomic E-state index is -0.784. The van der Waals surface area contributed by atoms with Gasteiger partial charge in [-0.2, -0.15) is 5.10 Å². The van der Waals surface area contributed by atoms with Crippen molar-refractivity contribution in [2.45, 2.75) is 19.4 Å². The maximum Gasteiger partial charge on any atom is 0.251 e. The van der Waals surface area contributed by atoms with Crippen LogP contribution in [0.1, 0.15) is 18.2 Å². The average Bonchev–Trinajstić information content (AvgIpc) is 3.26. The van der Waals surface area contributed by atoms with E-state index < -0.39 is 6.04 Å². The molecule has 172 valence electrons. The van der Waals surface area contributed by atoms with Crippen molar-refractivity contribution in [3.63, 3.8) is 0 Å². The molecule has 3 aromatic rings. The maximum absolute atomic E-state index is 12.8. The fraction of sp³-hybridized carbons (Fsp3) is 0.261. The molecule has 2 amide bonds. The summed E-state index contributed by atoms with van der Waals surface area (Å²) in [6.07, 6.45) is -0.106. The first kappa shape index (κ1) is 22.5. The van der Waals surface area contributed by atoms with Crippen LogP contribution in [0.2, 0.25) is 5.02 Å². The van der Waals surface area contributed by atoms with Crippen LogP contribution < -0.4 is 24.8 Å². The molecule has 0 saturated heterocycles. The molecule has 1 aromatic heterocycles. The van der Waals surface area contributed by atoms with Crippen LogP contribution in [0.15, 0.2) is 36.4 Å². The van der Waals surface area contributed by atoms with Gasteiger partial charge in [0.2, 0.25) is 11.7 Å². The zero-order valence-electron chi connectivity index (χ0n) is 18.6.